The Morgan fingerprint density at radius 3 is 0.615 bits per heavy atom. The summed E-state index contributed by atoms with van der Waals surface area (Å²) in [5.41, 5.74) is 0. The van der Waals surface area contributed by atoms with Gasteiger partial charge < -0.3 is 52.7 Å². The maximum atomic E-state index is 5.25. The molecule has 0 unspecified atom stereocenters. The standard InChI is InChI=1S/C38H86B4N2.C30H68B4N2.C14H24N2.C4H10B.C4H9Br.B9.2BrH/c1-11-21-31-43(33-23-27-39(13-3)14-4,34-24-28-40(15-5)16-6)37-38-44(32-22-12-2,35-25-29-41(17-7)18-8)36-26-30-42(19-9)20-10;1-9-31(10-2)21-17-25-35(26-18-22-32(11-3)12-4)29-30-36(27-19-23-33(13-5)14-6)28-20-24-34(15-7)16-8;1-5-9-15(10-6-2)13-14-16(11-7-3)12-8-4;1-3-5-4-2;1-2-3-4-5;1-6-9(7(2)3)8(4)5;;/h11-38H2,1-10H3;9-30H2,1-8H3;5-8H,1-4,9-14H2;3-4H2,1-2H3;2-4H2,1H3;;2*1H/q+2;;;;;;;/p-2. The zero-order valence-corrected chi connectivity index (χ0v) is 88.2. The summed E-state index contributed by atoms with van der Waals surface area (Å²) in [6.45, 7) is 97.2. The molecular formula is C90H197B18Br3N6. The van der Waals surface area contributed by atoms with Gasteiger partial charge in [0, 0.05) is 123 Å². The van der Waals surface area contributed by atoms with Crippen LogP contribution in [-0.2, 0) is 0 Å². The van der Waals surface area contributed by atoms with E-state index in [0.29, 0.717) is 0 Å². The van der Waals surface area contributed by atoms with Crippen molar-refractivity contribution in [2.24, 2.45) is 0 Å². The lowest BCUT2D eigenvalue weighted by Crippen LogP contribution is -3.00. The van der Waals surface area contributed by atoms with Crippen LogP contribution in [0.15, 0.2) is 50.6 Å². The number of rotatable bonds is 78. The first-order chi connectivity index (χ1) is 55.5. The molecule has 662 valence electrons. The van der Waals surface area contributed by atoms with E-state index >= 15 is 0 Å². The van der Waals surface area contributed by atoms with Crippen molar-refractivity contribution in [1.29, 1.82) is 0 Å². The highest BCUT2D eigenvalue weighted by atomic mass is 79.9. The van der Waals surface area contributed by atoms with Gasteiger partial charge in [0.05, 0.1) is 39.3 Å². The van der Waals surface area contributed by atoms with Crippen molar-refractivity contribution >= 4 is 142 Å². The van der Waals surface area contributed by atoms with Gasteiger partial charge in [0.1, 0.15) is 74.1 Å². The summed E-state index contributed by atoms with van der Waals surface area (Å²) in [6, 6.07) is 0. The van der Waals surface area contributed by atoms with Crippen LogP contribution in [0, 0.1) is 0 Å². The quantitative estimate of drug-likeness (QED) is 0.0260. The molecule has 0 aromatic rings. The van der Waals surface area contributed by atoms with Crippen molar-refractivity contribution in [1.82, 2.24) is 19.6 Å². The molecule has 12 radical (unpaired) electrons. The Kier molecular flexibility index (Phi) is 116. The second-order valence-electron chi connectivity index (χ2n) is 35.2. The fraction of sp³-hybridized carbons (Fsp3) is 0.911. The maximum Gasteiger partial charge on any atom is 0.139 e. The van der Waals surface area contributed by atoms with Crippen LogP contribution >= 0.6 is 15.9 Å². The molecule has 0 aromatic carbocycles. The molecule has 117 heavy (non-hydrogen) atoms. The van der Waals surface area contributed by atoms with E-state index in [1.165, 1.54) is 362 Å². The van der Waals surface area contributed by atoms with Gasteiger partial charge in [-0.3, -0.25) is 9.80 Å². The molecule has 0 aliphatic heterocycles. The van der Waals surface area contributed by atoms with Crippen molar-refractivity contribution in [2.75, 3.05) is 136 Å². The molecule has 0 amide bonds. The van der Waals surface area contributed by atoms with Gasteiger partial charge in [0.25, 0.3) is 0 Å². The van der Waals surface area contributed by atoms with E-state index in [1.54, 1.807) is 0 Å². The molecule has 0 aliphatic carbocycles. The predicted molar refractivity (Wildman–Crippen MR) is 572 cm³/mol. The Bertz CT molecular complexity index is 1710. The topological polar surface area (TPSA) is 13.0 Å². The average Bonchev–Trinajstić information content (AvgIpc) is 0.830. The molecule has 27 heteroatoms. The van der Waals surface area contributed by atoms with Gasteiger partial charge in [-0.2, -0.15) is 0 Å². The van der Waals surface area contributed by atoms with Crippen molar-refractivity contribution in [3.05, 3.63) is 50.6 Å². The third kappa shape index (κ3) is 81.6. The monoisotopic (exact) mass is 1800 g/mol. The first-order valence-corrected chi connectivity index (χ1v) is 51.6. The first kappa shape index (κ1) is 134. The lowest BCUT2D eigenvalue weighted by Gasteiger charge is -2.45. The summed E-state index contributed by atoms with van der Waals surface area (Å²) in [4.78, 5) is 10.3. The second-order valence-corrected chi connectivity index (χ2v) is 36.0. The lowest BCUT2D eigenvalue weighted by molar-refractivity contribution is -0.981. The summed E-state index contributed by atoms with van der Waals surface area (Å²) in [7, 11) is 29.7. The third-order valence-electron chi connectivity index (χ3n) is 26.8. The van der Waals surface area contributed by atoms with Gasteiger partial charge in [0.2, 0.25) is 0 Å². The van der Waals surface area contributed by atoms with Gasteiger partial charge in [0.15, 0.2) is 0 Å². The summed E-state index contributed by atoms with van der Waals surface area (Å²) in [5, 5.41) is 1.16. The molecule has 0 heterocycles. The maximum absolute atomic E-state index is 5.25. The van der Waals surface area contributed by atoms with Crippen molar-refractivity contribution in [2.45, 2.75) is 400 Å². The van der Waals surface area contributed by atoms with Crippen LogP contribution in [0.25, 0.3) is 0 Å². The highest BCUT2D eigenvalue weighted by Crippen LogP contribution is 2.25. The van der Waals surface area contributed by atoms with E-state index in [-0.39, 0.29) is 40.3 Å². The zero-order valence-electron chi connectivity index (χ0n) is 83.5. The normalized spacial score (nSPS) is 10.8. The zero-order chi connectivity index (χ0) is 88.0. The molecule has 0 rings (SSSR count). The minimum atomic E-state index is -0.574. The summed E-state index contributed by atoms with van der Waals surface area (Å²) < 4.78 is 2.86. The summed E-state index contributed by atoms with van der Waals surface area (Å²) in [6.07, 6.45) is 61.4. The Hall–Kier alpha value is 1.33. The Labute approximate surface area is 784 Å². The van der Waals surface area contributed by atoms with Gasteiger partial charge >= 0.3 is 0 Å². The second kappa shape index (κ2) is 101. The molecule has 6 nitrogen and oxygen atoms in total. The van der Waals surface area contributed by atoms with E-state index in [0.717, 1.165) is 98.3 Å². The van der Waals surface area contributed by atoms with Crippen LogP contribution in [0.3, 0.4) is 0 Å². The minimum Gasteiger partial charge on any atom is -1.00 e. The fourth-order valence-electron chi connectivity index (χ4n) is 17.0. The number of unbranched alkanes of at least 4 members (excludes halogenated alkanes) is 3. The highest BCUT2D eigenvalue weighted by Gasteiger charge is 2.35. The molecule has 0 aliphatic rings. The average molecular weight is 1800 g/mol. The molecule has 0 atom stereocenters. The molecule has 0 saturated carbocycles. The van der Waals surface area contributed by atoms with Crippen LogP contribution in [0.2, 0.25) is 164 Å². The SMILES string of the molecule is C=CCN(CC=C)CCN(CC=C)CC=C.CCB(CC)CCCN(CCCB(CC)CC)CCN(CCCB(CC)CC)CCCB(CC)CC.CCCCBr.CCCC[N+](CCCB(CC)CC)(CCCB(CC)CC)CC[N+](CCCC)(CCCB(CC)CC)CCCB(CC)CC.CC[B]CC.[B][B]B(B([B])[B])B([B])[B].[Br-].[Br-]. The number of quaternary nitrogens is 2. The van der Waals surface area contributed by atoms with Crippen molar-refractivity contribution in [3.63, 3.8) is 0 Å². The first-order valence-electron chi connectivity index (χ1n) is 50.5. The van der Waals surface area contributed by atoms with E-state index < -0.39 is 12.8 Å². The molecule has 0 fully saturated rings. The van der Waals surface area contributed by atoms with Crippen LogP contribution in [0.4, 0.5) is 0 Å². The lowest BCUT2D eigenvalue weighted by atomic mass is 8.64. The highest BCUT2D eigenvalue weighted by molar-refractivity contribution is 9.09. The molecule has 0 saturated heterocycles. The molecular weight excluding hydrogens is 1600 g/mol. The van der Waals surface area contributed by atoms with E-state index in [1.807, 2.05) is 24.3 Å². The van der Waals surface area contributed by atoms with E-state index in [9.17, 15) is 0 Å². The molecule has 0 bridgehead atoms. The number of halogens is 3. The van der Waals surface area contributed by atoms with Crippen LogP contribution < -0.4 is 34.0 Å². The summed E-state index contributed by atoms with van der Waals surface area (Å²) >= 11 is 3.31. The van der Waals surface area contributed by atoms with Gasteiger partial charge in [-0.1, -0.05) is 369 Å². The largest absolute Gasteiger partial charge is 1.00 e. The predicted octanol–water partition coefficient (Wildman–Crippen LogP) is 17.9. The Morgan fingerprint density at radius 2 is 0.479 bits per heavy atom. The van der Waals surface area contributed by atoms with Gasteiger partial charge in [-0.15, -0.1) is 26.3 Å². The van der Waals surface area contributed by atoms with E-state index in [4.69, 9.17) is 38.7 Å². The third-order valence-corrected chi connectivity index (χ3v) is 27.3. The van der Waals surface area contributed by atoms with Crippen LogP contribution in [0.5, 0.6) is 0 Å². The number of alkyl halides is 1. The van der Waals surface area contributed by atoms with Crippen LogP contribution in [-0.4, -0.2) is 291 Å². The van der Waals surface area contributed by atoms with Crippen molar-refractivity contribution in [3.8, 4) is 0 Å². The van der Waals surface area contributed by atoms with Gasteiger partial charge in [-0.05, 0) is 96.8 Å². The minimum absolute atomic E-state index is 0. The molecule has 0 aromatic heterocycles. The number of hydrogen-bond donors (Lipinski definition) is 0. The summed E-state index contributed by atoms with van der Waals surface area (Å²) in [5.74, 6) is 0. The number of nitrogens with zero attached hydrogens (tertiary/aromatic N) is 6. The Morgan fingerprint density at radius 1 is 0.282 bits per heavy atom. The Balaban J connectivity index is -0.000000239. The number of hydrogen-bond acceptors (Lipinski definition) is 4. The van der Waals surface area contributed by atoms with E-state index in [2.05, 4.69) is 215 Å². The van der Waals surface area contributed by atoms with Crippen LogP contribution in [0.1, 0.15) is 235 Å². The molecule has 0 spiro atoms. The van der Waals surface area contributed by atoms with Gasteiger partial charge in [-0.25, -0.2) is 0 Å². The van der Waals surface area contributed by atoms with Crippen molar-refractivity contribution < 1.29 is 42.9 Å². The molecule has 0 N–H and O–H groups in total. The smallest absolute Gasteiger partial charge is 0.139 e. The fourth-order valence-corrected chi connectivity index (χ4v) is 17.6.